The zero-order valence-corrected chi connectivity index (χ0v) is 13.3. The first-order chi connectivity index (χ1) is 11.6. The van der Waals surface area contributed by atoms with Crippen LogP contribution in [-0.2, 0) is 0 Å². The van der Waals surface area contributed by atoms with Gasteiger partial charge in [0, 0.05) is 18.7 Å². The van der Waals surface area contributed by atoms with Crippen LogP contribution in [0.3, 0.4) is 0 Å². The Morgan fingerprint density at radius 2 is 1.88 bits per heavy atom. The molecule has 1 unspecified atom stereocenters. The molecule has 2 amide bonds. The van der Waals surface area contributed by atoms with Gasteiger partial charge in [-0.25, -0.2) is 9.37 Å². The van der Waals surface area contributed by atoms with Crippen LogP contribution in [0.1, 0.15) is 51.1 Å². The minimum atomic E-state index is -1.51. The molecule has 5 nitrogen and oxygen atoms in total. The number of carbonyl (C=O) groups is 2. The van der Waals surface area contributed by atoms with Crippen molar-refractivity contribution in [1.82, 2.24) is 15.6 Å². The molecule has 2 aromatic rings. The number of nitrogens with zero attached hydrogens (tertiary/aromatic N) is 1. The fraction of sp³-hybridized carbons (Fsp3) is 0.278. The fourth-order valence-corrected chi connectivity index (χ4v) is 2.35. The highest BCUT2D eigenvalue weighted by molar-refractivity contribution is 5.98. The summed E-state index contributed by atoms with van der Waals surface area (Å²) in [5.41, 5.74) is 0.731. The summed E-state index contributed by atoms with van der Waals surface area (Å²) in [7, 11) is 1.46. The highest BCUT2D eigenvalue weighted by atomic mass is 19.1. The molecule has 1 aromatic heterocycles. The third kappa shape index (κ3) is 3.59. The van der Waals surface area contributed by atoms with Gasteiger partial charge in [0.15, 0.2) is 6.17 Å². The molecule has 1 fully saturated rings. The van der Waals surface area contributed by atoms with Gasteiger partial charge in [0.2, 0.25) is 0 Å². The van der Waals surface area contributed by atoms with Crippen LogP contribution in [-0.4, -0.2) is 29.9 Å². The Kier molecular flexibility index (Phi) is 4.55. The Morgan fingerprint density at radius 1 is 1.17 bits per heavy atom. The molecule has 1 atom stereocenters. The molecule has 24 heavy (non-hydrogen) atoms. The summed E-state index contributed by atoms with van der Waals surface area (Å²) in [4.78, 5) is 28.3. The number of alkyl halides is 1. The standard InChI is InChI=1S/C18H18FN3O2/c1-20-18(24)15-10-12(17(23)21-13-7-8-13)9-14(22-15)16(19)11-5-3-2-4-6-11/h2-6,9-10,13,16H,7-8H2,1H3,(H,20,24)(H,21,23). The number of hydrogen-bond donors (Lipinski definition) is 2. The highest BCUT2D eigenvalue weighted by Gasteiger charge is 2.25. The lowest BCUT2D eigenvalue weighted by Crippen LogP contribution is -2.27. The summed E-state index contributed by atoms with van der Waals surface area (Å²) in [6.07, 6.45) is 0.381. The molecule has 0 aliphatic heterocycles. The Bertz CT molecular complexity index is 760. The van der Waals surface area contributed by atoms with Crippen molar-refractivity contribution in [1.29, 1.82) is 0 Å². The largest absolute Gasteiger partial charge is 0.354 e. The molecule has 6 heteroatoms. The third-order valence-electron chi connectivity index (χ3n) is 3.83. The fourth-order valence-electron chi connectivity index (χ4n) is 2.35. The molecular weight excluding hydrogens is 309 g/mol. The van der Waals surface area contributed by atoms with Crippen LogP contribution < -0.4 is 10.6 Å². The van der Waals surface area contributed by atoms with E-state index in [1.165, 1.54) is 19.2 Å². The van der Waals surface area contributed by atoms with Crippen molar-refractivity contribution in [2.75, 3.05) is 7.05 Å². The van der Waals surface area contributed by atoms with Gasteiger partial charge in [-0.05, 0) is 30.5 Å². The van der Waals surface area contributed by atoms with Crippen LogP contribution in [0.5, 0.6) is 0 Å². The molecule has 124 valence electrons. The van der Waals surface area contributed by atoms with Crippen molar-refractivity contribution >= 4 is 11.8 Å². The van der Waals surface area contributed by atoms with Crippen molar-refractivity contribution in [3.05, 3.63) is 65.0 Å². The summed E-state index contributed by atoms with van der Waals surface area (Å²) in [5, 5.41) is 5.29. The second-order valence-electron chi connectivity index (χ2n) is 5.77. The van der Waals surface area contributed by atoms with E-state index in [9.17, 15) is 14.0 Å². The second kappa shape index (κ2) is 6.78. The van der Waals surface area contributed by atoms with Crippen LogP contribution in [0, 0.1) is 0 Å². The average molecular weight is 327 g/mol. The molecule has 1 aromatic carbocycles. The number of aromatic nitrogens is 1. The molecule has 0 bridgehead atoms. The van der Waals surface area contributed by atoms with E-state index in [0.29, 0.717) is 5.56 Å². The van der Waals surface area contributed by atoms with Crippen LogP contribution in [0.15, 0.2) is 42.5 Å². The number of hydrogen-bond acceptors (Lipinski definition) is 3. The van der Waals surface area contributed by atoms with Crippen LogP contribution >= 0.6 is 0 Å². The first-order valence-electron chi connectivity index (χ1n) is 7.82. The third-order valence-corrected chi connectivity index (χ3v) is 3.83. The lowest BCUT2D eigenvalue weighted by Gasteiger charge is -2.12. The van der Waals surface area contributed by atoms with Crippen molar-refractivity contribution in [3.63, 3.8) is 0 Å². The highest BCUT2D eigenvalue weighted by Crippen LogP contribution is 2.26. The summed E-state index contributed by atoms with van der Waals surface area (Å²) in [6, 6.07) is 11.5. The van der Waals surface area contributed by atoms with Crippen LogP contribution in [0.2, 0.25) is 0 Å². The maximum Gasteiger partial charge on any atom is 0.269 e. The van der Waals surface area contributed by atoms with Gasteiger partial charge in [-0.15, -0.1) is 0 Å². The van der Waals surface area contributed by atoms with E-state index in [4.69, 9.17) is 0 Å². The van der Waals surface area contributed by atoms with E-state index in [2.05, 4.69) is 15.6 Å². The smallest absolute Gasteiger partial charge is 0.269 e. The molecule has 0 radical (unpaired) electrons. The average Bonchev–Trinajstić information content (AvgIpc) is 3.44. The molecule has 0 spiro atoms. The first-order valence-corrected chi connectivity index (χ1v) is 7.82. The Morgan fingerprint density at radius 3 is 2.50 bits per heavy atom. The Hall–Kier alpha value is -2.76. The van der Waals surface area contributed by atoms with Crippen LogP contribution in [0.25, 0.3) is 0 Å². The van der Waals surface area contributed by atoms with Crippen molar-refractivity contribution in [2.45, 2.75) is 25.1 Å². The van der Waals surface area contributed by atoms with E-state index >= 15 is 0 Å². The summed E-state index contributed by atoms with van der Waals surface area (Å²) < 4.78 is 14.8. The Labute approximate surface area is 139 Å². The molecule has 3 rings (SSSR count). The van der Waals surface area contributed by atoms with Crippen molar-refractivity contribution in [2.24, 2.45) is 0 Å². The van der Waals surface area contributed by atoms with Gasteiger partial charge in [-0.3, -0.25) is 9.59 Å². The number of amides is 2. The molecule has 1 aliphatic carbocycles. The number of nitrogens with one attached hydrogen (secondary N) is 2. The summed E-state index contributed by atoms with van der Waals surface area (Å²) >= 11 is 0. The monoisotopic (exact) mass is 327 g/mol. The molecule has 0 saturated heterocycles. The SMILES string of the molecule is CNC(=O)c1cc(C(=O)NC2CC2)cc(C(F)c2ccccc2)n1. The Balaban J connectivity index is 1.97. The quantitative estimate of drug-likeness (QED) is 0.886. The first kappa shape index (κ1) is 16.1. The number of benzene rings is 1. The van der Waals surface area contributed by atoms with Crippen LogP contribution in [0.4, 0.5) is 4.39 Å². The lowest BCUT2D eigenvalue weighted by molar-refractivity contribution is 0.0950. The van der Waals surface area contributed by atoms with Gasteiger partial charge in [-0.2, -0.15) is 0 Å². The molecule has 1 saturated carbocycles. The van der Waals surface area contributed by atoms with E-state index in [0.717, 1.165) is 12.8 Å². The van der Waals surface area contributed by atoms with Crippen molar-refractivity contribution in [3.8, 4) is 0 Å². The normalized spacial score (nSPS) is 14.8. The van der Waals surface area contributed by atoms with Gasteiger partial charge >= 0.3 is 0 Å². The van der Waals surface area contributed by atoms with E-state index in [1.54, 1.807) is 30.3 Å². The summed E-state index contributed by atoms with van der Waals surface area (Å²) in [6.45, 7) is 0. The van der Waals surface area contributed by atoms with Gasteiger partial charge in [0.1, 0.15) is 5.69 Å². The second-order valence-corrected chi connectivity index (χ2v) is 5.77. The predicted octanol–water partition coefficient (Wildman–Crippen LogP) is 2.39. The number of carbonyl (C=O) groups excluding carboxylic acids is 2. The molecule has 2 N–H and O–H groups in total. The van der Waals surface area contributed by atoms with Gasteiger partial charge in [-0.1, -0.05) is 30.3 Å². The molecule has 1 aliphatic rings. The van der Waals surface area contributed by atoms with Gasteiger partial charge in [0.05, 0.1) is 5.69 Å². The zero-order chi connectivity index (χ0) is 17.1. The van der Waals surface area contributed by atoms with Gasteiger partial charge in [0.25, 0.3) is 11.8 Å². The van der Waals surface area contributed by atoms with E-state index < -0.39 is 12.1 Å². The maximum absolute atomic E-state index is 14.8. The van der Waals surface area contributed by atoms with Gasteiger partial charge < -0.3 is 10.6 Å². The topological polar surface area (TPSA) is 71.1 Å². The number of pyridine rings is 1. The predicted molar refractivity (Wildman–Crippen MR) is 87.5 cm³/mol. The van der Waals surface area contributed by atoms with Crippen molar-refractivity contribution < 1.29 is 14.0 Å². The van der Waals surface area contributed by atoms with E-state index in [-0.39, 0.29) is 28.9 Å². The number of halogens is 1. The molecular formula is C18H18FN3O2. The van der Waals surface area contributed by atoms with E-state index in [1.807, 2.05) is 0 Å². The number of rotatable bonds is 5. The minimum absolute atomic E-state index is 0.0227. The summed E-state index contributed by atoms with van der Waals surface area (Å²) in [5.74, 6) is -0.774. The molecule has 1 heterocycles. The minimum Gasteiger partial charge on any atom is -0.354 e. The lowest BCUT2D eigenvalue weighted by atomic mass is 10.0. The maximum atomic E-state index is 14.8. The zero-order valence-electron chi connectivity index (χ0n) is 13.3.